The number of aliphatic hydroxyl groups excluding tert-OH is 1. The second kappa shape index (κ2) is 8.87. The van der Waals surface area contributed by atoms with Gasteiger partial charge in [0, 0.05) is 18.5 Å². The Morgan fingerprint density at radius 2 is 2.00 bits per heavy atom. The summed E-state index contributed by atoms with van der Waals surface area (Å²) in [4.78, 5) is 26.8. The van der Waals surface area contributed by atoms with Gasteiger partial charge in [-0.15, -0.1) is 0 Å². The van der Waals surface area contributed by atoms with E-state index in [0.717, 1.165) is 49.2 Å². The van der Waals surface area contributed by atoms with Gasteiger partial charge in [0.2, 0.25) is 6.79 Å². The minimum atomic E-state index is -1.61. The Morgan fingerprint density at radius 3 is 2.76 bits per heavy atom. The second-order valence-electron chi connectivity index (χ2n) is 8.94. The molecule has 3 aliphatic heterocycles. The van der Waals surface area contributed by atoms with Crippen LogP contribution in [-0.4, -0.2) is 74.3 Å². The van der Waals surface area contributed by atoms with Crippen LogP contribution in [0.5, 0.6) is 11.5 Å². The number of rotatable bonds is 5. The van der Waals surface area contributed by atoms with Crippen molar-refractivity contribution in [1.82, 2.24) is 4.90 Å². The molecule has 1 aliphatic carbocycles. The second-order valence-corrected chi connectivity index (χ2v) is 8.94. The van der Waals surface area contributed by atoms with Crippen LogP contribution >= 0.6 is 0 Å². The summed E-state index contributed by atoms with van der Waals surface area (Å²) in [6.45, 7) is 2.05. The van der Waals surface area contributed by atoms with Crippen LogP contribution in [0.2, 0.25) is 0 Å². The van der Waals surface area contributed by atoms with Crippen molar-refractivity contribution in [1.29, 1.82) is 0 Å². The summed E-state index contributed by atoms with van der Waals surface area (Å²) in [6, 6.07) is 4.15. The van der Waals surface area contributed by atoms with Gasteiger partial charge in [-0.25, -0.2) is 4.79 Å². The lowest BCUT2D eigenvalue weighted by Crippen LogP contribution is -2.54. The molecule has 0 spiro atoms. The molecule has 4 unspecified atom stereocenters. The lowest BCUT2D eigenvalue weighted by Gasteiger charge is -2.48. The van der Waals surface area contributed by atoms with E-state index < -0.39 is 30.6 Å². The van der Waals surface area contributed by atoms with E-state index in [2.05, 4.69) is 15.7 Å². The smallest absolute Gasteiger partial charge is 0.336 e. The molecule has 9 nitrogen and oxygen atoms in total. The SMILES string of the molecule is COC(=O)CC(O)C(=O)OC1C(OC)=CC2CCCN3CCc4cc5c(cc4[C@H]1C23)OCO5. The van der Waals surface area contributed by atoms with Gasteiger partial charge in [0.15, 0.2) is 23.7 Å². The summed E-state index contributed by atoms with van der Waals surface area (Å²) in [6.07, 6.45) is 2.20. The highest BCUT2D eigenvalue weighted by Gasteiger charge is 2.50. The summed E-state index contributed by atoms with van der Waals surface area (Å²) in [5.41, 5.74) is 2.17. The number of nitrogens with zero attached hydrogens (tertiary/aromatic N) is 1. The van der Waals surface area contributed by atoms with Crippen LogP contribution in [0.4, 0.5) is 0 Å². The van der Waals surface area contributed by atoms with Gasteiger partial charge in [-0.2, -0.15) is 0 Å². The summed E-state index contributed by atoms with van der Waals surface area (Å²) < 4.78 is 27.4. The molecule has 1 fully saturated rings. The first-order valence-corrected chi connectivity index (χ1v) is 11.4. The average Bonchev–Trinajstić information content (AvgIpc) is 3.22. The molecule has 0 aromatic heterocycles. The summed E-state index contributed by atoms with van der Waals surface area (Å²) in [7, 11) is 2.77. The number of esters is 2. The maximum atomic E-state index is 12.8. The molecular weight excluding hydrogens is 430 g/mol. The van der Waals surface area contributed by atoms with E-state index in [4.69, 9.17) is 18.9 Å². The Morgan fingerprint density at radius 1 is 1.21 bits per heavy atom. The largest absolute Gasteiger partial charge is 0.497 e. The van der Waals surface area contributed by atoms with Crippen LogP contribution < -0.4 is 9.47 Å². The lowest BCUT2D eigenvalue weighted by atomic mass is 9.71. The quantitative estimate of drug-likeness (QED) is 0.656. The number of carbonyl (C=O) groups excluding carboxylic acids is 2. The number of piperidine rings is 1. The molecule has 5 rings (SSSR count). The van der Waals surface area contributed by atoms with Crippen LogP contribution in [0.1, 0.15) is 36.3 Å². The van der Waals surface area contributed by atoms with Gasteiger partial charge >= 0.3 is 11.9 Å². The molecule has 0 saturated carbocycles. The fourth-order valence-electron chi connectivity index (χ4n) is 5.70. The molecule has 1 saturated heterocycles. The van der Waals surface area contributed by atoms with E-state index in [9.17, 15) is 14.7 Å². The first kappa shape index (κ1) is 22.0. The number of hydrogen-bond donors (Lipinski definition) is 1. The molecule has 0 radical (unpaired) electrons. The lowest BCUT2D eigenvalue weighted by molar-refractivity contribution is -0.166. The summed E-state index contributed by atoms with van der Waals surface area (Å²) in [5.74, 6) is 0.454. The number of methoxy groups -OCH3 is 2. The monoisotopic (exact) mass is 459 g/mol. The molecule has 0 amide bonds. The van der Waals surface area contributed by atoms with Crippen molar-refractivity contribution in [3.63, 3.8) is 0 Å². The highest BCUT2D eigenvalue weighted by Crippen LogP contribution is 2.49. The Balaban J connectivity index is 1.55. The van der Waals surface area contributed by atoms with E-state index in [1.54, 1.807) is 7.11 Å². The molecule has 1 aromatic carbocycles. The minimum Gasteiger partial charge on any atom is -0.497 e. The molecule has 5 atom stereocenters. The standard InChI is InChI=1S/C24H29NO8/c1-29-19-9-14-4-3-6-25-7-5-13-8-17-18(32-12-31-17)10-15(13)21(22(14)25)23(19)33-24(28)16(26)11-20(27)30-2/h8-10,14,16,21-23,26H,3-7,11-12H2,1-2H3/t14?,16?,21-,22?,23?/m0/s1. The average molecular weight is 459 g/mol. The molecule has 33 heavy (non-hydrogen) atoms. The maximum Gasteiger partial charge on any atom is 0.336 e. The van der Waals surface area contributed by atoms with E-state index in [-0.39, 0.29) is 24.7 Å². The fraction of sp³-hybridized carbons (Fsp3) is 0.583. The van der Waals surface area contributed by atoms with Gasteiger partial charge in [-0.3, -0.25) is 9.69 Å². The maximum absolute atomic E-state index is 12.8. The predicted molar refractivity (Wildman–Crippen MR) is 115 cm³/mol. The molecule has 178 valence electrons. The number of fused-ring (bicyclic) bond motifs is 3. The predicted octanol–water partition coefficient (Wildman–Crippen LogP) is 1.52. The fourth-order valence-corrected chi connectivity index (χ4v) is 5.70. The van der Waals surface area contributed by atoms with E-state index in [1.807, 2.05) is 12.1 Å². The van der Waals surface area contributed by atoms with Crippen LogP contribution in [0.25, 0.3) is 0 Å². The van der Waals surface area contributed by atoms with Crippen molar-refractivity contribution in [2.24, 2.45) is 5.92 Å². The molecular formula is C24H29NO8. The summed E-state index contributed by atoms with van der Waals surface area (Å²) >= 11 is 0. The molecule has 3 heterocycles. The van der Waals surface area contributed by atoms with Crippen molar-refractivity contribution in [2.75, 3.05) is 34.1 Å². The van der Waals surface area contributed by atoms with Crippen molar-refractivity contribution in [3.8, 4) is 11.5 Å². The number of carbonyl (C=O) groups is 2. The van der Waals surface area contributed by atoms with E-state index >= 15 is 0 Å². The van der Waals surface area contributed by atoms with Crippen molar-refractivity contribution >= 4 is 11.9 Å². The number of hydrogen-bond acceptors (Lipinski definition) is 9. The topological polar surface area (TPSA) is 104 Å². The first-order valence-electron chi connectivity index (χ1n) is 11.4. The van der Waals surface area contributed by atoms with Crippen molar-refractivity contribution in [3.05, 3.63) is 35.1 Å². The van der Waals surface area contributed by atoms with Gasteiger partial charge in [-0.05, 0) is 61.1 Å². The Bertz CT molecular complexity index is 975. The third-order valence-electron chi connectivity index (χ3n) is 7.20. The van der Waals surface area contributed by atoms with Gasteiger partial charge < -0.3 is 28.8 Å². The Hall–Kier alpha value is -2.78. The third kappa shape index (κ3) is 3.93. The molecule has 1 aromatic rings. The van der Waals surface area contributed by atoms with Gasteiger partial charge in [0.05, 0.1) is 20.6 Å². The molecule has 4 aliphatic rings. The van der Waals surface area contributed by atoms with Crippen LogP contribution in [0.15, 0.2) is 24.0 Å². The van der Waals surface area contributed by atoms with Crippen LogP contribution in [-0.2, 0) is 30.2 Å². The van der Waals surface area contributed by atoms with Gasteiger partial charge in [0.1, 0.15) is 5.76 Å². The third-order valence-corrected chi connectivity index (χ3v) is 7.20. The molecule has 0 bridgehead atoms. The number of aliphatic hydroxyl groups is 1. The van der Waals surface area contributed by atoms with Crippen LogP contribution in [0.3, 0.4) is 0 Å². The minimum absolute atomic E-state index is 0.120. The van der Waals surface area contributed by atoms with Gasteiger partial charge in [0.25, 0.3) is 0 Å². The van der Waals surface area contributed by atoms with Crippen LogP contribution in [0, 0.1) is 5.92 Å². The first-order chi connectivity index (χ1) is 16.0. The Labute approximate surface area is 192 Å². The zero-order valence-corrected chi connectivity index (χ0v) is 18.8. The number of benzene rings is 1. The van der Waals surface area contributed by atoms with Crippen molar-refractivity contribution in [2.45, 2.75) is 49.9 Å². The van der Waals surface area contributed by atoms with Crippen molar-refractivity contribution < 1.29 is 38.4 Å². The highest BCUT2D eigenvalue weighted by atomic mass is 16.7. The zero-order chi connectivity index (χ0) is 23.1. The normalized spacial score (nSPS) is 28.5. The van der Waals surface area contributed by atoms with E-state index in [1.165, 1.54) is 7.11 Å². The number of ether oxygens (including phenoxy) is 5. The molecule has 1 N–H and O–H groups in total. The van der Waals surface area contributed by atoms with E-state index in [0.29, 0.717) is 11.5 Å². The zero-order valence-electron chi connectivity index (χ0n) is 18.8. The van der Waals surface area contributed by atoms with Gasteiger partial charge in [-0.1, -0.05) is 0 Å². The summed E-state index contributed by atoms with van der Waals surface area (Å²) in [5, 5.41) is 10.3. The Kier molecular flexibility index (Phi) is 5.92. The highest BCUT2D eigenvalue weighted by molar-refractivity contribution is 5.81. The molecule has 9 heteroatoms.